The molecule has 1 fully saturated rings. The Hall–Kier alpha value is -1.39. The molecule has 0 aliphatic carbocycles. The van der Waals surface area contributed by atoms with Crippen molar-refractivity contribution < 1.29 is 4.79 Å². The van der Waals surface area contributed by atoms with Gasteiger partial charge < -0.3 is 16.0 Å². The molecule has 0 bridgehead atoms. The largest absolute Gasteiger partial charge is 0.348 e. The molecule has 2 rings (SSSR count). The van der Waals surface area contributed by atoms with Crippen LogP contribution in [0.25, 0.3) is 0 Å². The molecular formula is C16H25N3O. The summed E-state index contributed by atoms with van der Waals surface area (Å²) in [6.07, 6.45) is 3.37. The molecular weight excluding hydrogens is 250 g/mol. The van der Waals surface area contributed by atoms with Crippen LogP contribution in [0.3, 0.4) is 0 Å². The summed E-state index contributed by atoms with van der Waals surface area (Å²) in [5, 5.41) is 3.08. The van der Waals surface area contributed by atoms with Gasteiger partial charge in [0, 0.05) is 18.2 Å². The van der Waals surface area contributed by atoms with Gasteiger partial charge in [-0.05, 0) is 63.5 Å². The highest BCUT2D eigenvalue weighted by atomic mass is 16.1. The summed E-state index contributed by atoms with van der Waals surface area (Å²) in [7, 11) is 0. The zero-order chi connectivity index (χ0) is 14.4. The van der Waals surface area contributed by atoms with Crippen LogP contribution in [0.5, 0.6) is 0 Å². The Morgan fingerprint density at radius 2 is 2.15 bits per heavy atom. The van der Waals surface area contributed by atoms with Crippen molar-refractivity contribution in [2.45, 2.75) is 32.2 Å². The number of carbonyl (C=O) groups excluding carboxylic acids is 1. The van der Waals surface area contributed by atoms with E-state index in [4.69, 9.17) is 5.73 Å². The monoisotopic (exact) mass is 275 g/mol. The lowest BCUT2D eigenvalue weighted by molar-refractivity contribution is 0.0932. The molecule has 1 unspecified atom stereocenters. The van der Waals surface area contributed by atoms with E-state index in [0.717, 1.165) is 37.2 Å². The van der Waals surface area contributed by atoms with Crippen LogP contribution in [0.4, 0.5) is 0 Å². The van der Waals surface area contributed by atoms with Crippen LogP contribution in [0.2, 0.25) is 0 Å². The van der Waals surface area contributed by atoms with Gasteiger partial charge in [-0.3, -0.25) is 4.79 Å². The Labute approximate surface area is 121 Å². The maximum atomic E-state index is 12.2. The van der Waals surface area contributed by atoms with Crippen LogP contribution in [0, 0.1) is 0 Å². The Morgan fingerprint density at radius 1 is 1.40 bits per heavy atom. The number of amides is 1. The number of hydrogen-bond donors (Lipinski definition) is 2. The number of rotatable bonds is 6. The Morgan fingerprint density at radius 3 is 2.85 bits per heavy atom. The van der Waals surface area contributed by atoms with Crippen LogP contribution >= 0.6 is 0 Å². The summed E-state index contributed by atoms with van der Waals surface area (Å²) in [4.78, 5) is 14.6. The van der Waals surface area contributed by atoms with E-state index in [-0.39, 0.29) is 11.9 Å². The Bertz CT molecular complexity index is 441. The minimum absolute atomic E-state index is 0.00979. The molecule has 1 amide bonds. The maximum Gasteiger partial charge on any atom is 0.251 e. The van der Waals surface area contributed by atoms with Crippen molar-refractivity contribution >= 4 is 5.91 Å². The number of nitrogens with zero attached hydrogens (tertiary/aromatic N) is 1. The summed E-state index contributed by atoms with van der Waals surface area (Å²) in [5.41, 5.74) is 7.40. The van der Waals surface area contributed by atoms with E-state index in [0.29, 0.717) is 6.54 Å². The second-order valence-corrected chi connectivity index (χ2v) is 5.62. The van der Waals surface area contributed by atoms with Crippen molar-refractivity contribution in [3.8, 4) is 0 Å². The maximum absolute atomic E-state index is 12.2. The van der Waals surface area contributed by atoms with Gasteiger partial charge in [0.1, 0.15) is 0 Å². The van der Waals surface area contributed by atoms with Gasteiger partial charge in [-0.2, -0.15) is 0 Å². The second kappa shape index (κ2) is 7.41. The van der Waals surface area contributed by atoms with Crippen LogP contribution in [0.15, 0.2) is 24.3 Å². The minimum atomic E-state index is 0.00979. The van der Waals surface area contributed by atoms with E-state index in [1.807, 2.05) is 24.3 Å². The van der Waals surface area contributed by atoms with E-state index in [9.17, 15) is 4.79 Å². The van der Waals surface area contributed by atoms with Crippen LogP contribution in [0.1, 0.15) is 35.7 Å². The molecule has 20 heavy (non-hydrogen) atoms. The van der Waals surface area contributed by atoms with Crippen LogP contribution < -0.4 is 11.1 Å². The lowest BCUT2D eigenvalue weighted by Gasteiger charge is -2.21. The fraction of sp³-hybridized carbons (Fsp3) is 0.562. The van der Waals surface area contributed by atoms with Crippen LogP contribution in [-0.4, -0.2) is 43.0 Å². The average molecular weight is 275 g/mol. The third-order valence-corrected chi connectivity index (χ3v) is 3.73. The van der Waals surface area contributed by atoms with Crippen LogP contribution in [-0.2, 0) is 6.42 Å². The lowest BCUT2D eigenvalue weighted by atomic mass is 10.1. The summed E-state index contributed by atoms with van der Waals surface area (Å²) in [6.45, 7) is 5.93. The van der Waals surface area contributed by atoms with Crippen molar-refractivity contribution in [1.82, 2.24) is 10.2 Å². The topological polar surface area (TPSA) is 58.4 Å². The first-order valence-corrected chi connectivity index (χ1v) is 7.51. The second-order valence-electron chi connectivity index (χ2n) is 5.62. The minimum Gasteiger partial charge on any atom is -0.348 e. The molecule has 1 aromatic carbocycles. The third-order valence-electron chi connectivity index (χ3n) is 3.73. The summed E-state index contributed by atoms with van der Waals surface area (Å²) in [6, 6.07) is 7.91. The SMILES string of the molecule is CC(CN1CCCC1)NC(=O)c1cccc(CCN)c1. The molecule has 110 valence electrons. The number of nitrogens with one attached hydrogen (secondary N) is 1. The lowest BCUT2D eigenvalue weighted by Crippen LogP contribution is -2.41. The molecule has 1 aromatic rings. The highest BCUT2D eigenvalue weighted by molar-refractivity contribution is 5.94. The highest BCUT2D eigenvalue weighted by Gasteiger charge is 2.16. The van der Waals surface area contributed by atoms with Crippen molar-refractivity contribution in [1.29, 1.82) is 0 Å². The smallest absolute Gasteiger partial charge is 0.251 e. The van der Waals surface area contributed by atoms with E-state index in [1.165, 1.54) is 12.8 Å². The van der Waals surface area contributed by atoms with Crippen molar-refractivity contribution in [2.24, 2.45) is 5.73 Å². The van der Waals surface area contributed by atoms with Gasteiger partial charge in [0.2, 0.25) is 0 Å². The molecule has 0 saturated carbocycles. The standard InChI is InChI=1S/C16H25N3O/c1-13(12-19-9-2-3-10-19)18-16(20)15-6-4-5-14(11-15)7-8-17/h4-6,11,13H,2-3,7-10,12,17H2,1H3,(H,18,20). The fourth-order valence-corrected chi connectivity index (χ4v) is 2.74. The normalized spacial score (nSPS) is 17.1. The molecule has 4 nitrogen and oxygen atoms in total. The Balaban J connectivity index is 1.88. The fourth-order valence-electron chi connectivity index (χ4n) is 2.74. The van der Waals surface area contributed by atoms with Crippen molar-refractivity contribution in [3.05, 3.63) is 35.4 Å². The zero-order valence-electron chi connectivity index (χ0n) is 12.3. The number of nitrogens with two attached hydrogens (primary N) is 1. The third kappa shape index (κ3) is 4.32. The number of carbonyl (C=O) groups is 1. The molecule has 3 N–H and O–H groups in total. The molecule has 4 heteroatoms. The number of benzene rings is 1. The molecule has 1 saturated heterocycles. The van der Waals surface area contributed by atoms with E-state index >= 15 is 0 Å². The van der Waals surface area contributed by atoms with E-state index in [1.54, 1.807) is 0 Å². The molecule has 0 aromatic heterocycles. The molecule has 0 spiro atoms. The average Bonchev–Trinajstić information content (AvgIpc) is 2.92. The highest BCUT2D eigenvalue weighted by Crippen LogP contribution is 2.09. The predicted molar refractivity (Wildman–Crippen MR) is 81.8 cm³/mol. The van der Waals surface area contributed by atoms with Crippen molar-refractivity contribution in [3.63, 3.8) is 0 Å². The summed E-state index contributed by atoms with van der Waals surface area (Å²) < 4.78 is 0. The molecule has 1 atom stereocenters. The quantitative estimate of drug-likeness (QED) is 0.825. The molecule has 1 heterocycles. The van der Waals surface area contributed by atoms with Gasteiger partial charge >= 0.3 is 0 Å². The first kappa shape index (κ1) is 15.0. The number of likely N-dealkylation sites (tertiary alicyclic amines) is 1. The summed E-state index contributed by atoms with van der Waals surface area (Å²) in [5.74, 6) is 0.00979. The van der Waals surface area contributed by atoms with E-state index < -0.39 is 0 Å². The molecule has 1 aliphatic rings. The van der Waals surface area contributed by atoms with Crippen molar-refractivity contribution in [2.75, 3.05) is 26.2 Å². The van der Waals surface area contributed by atoms with Gasteiger partial charge in [-0.15, -0.1) is 0 Å². The van der Waals surface area contributed by atoms with E-state index in [2.05, 4.69) is 17.1 Å². The molecule has 1 aliphatic heterocycles. The van der Waals surface area contributed by atoms with Gasteiger partial charge in [-0.25, -0.2) is 0 Å². The summed E-state index contributed by atoms with van der Waals surface area (Å²) >= 11 is 0. The first-order chi connectivity index (χ1) is 9.69. The van der Waals surface area contributed by atoms with Gasteiger partial charge in [0.05, 0.1) is 0 Å². The predicted octanol–water partition coefficient (Wildman–Crippen LogP) is 1.40. The number of hydrogen-bond acceptors (Lipinski definition) is 3. The van der Waals surface area contributed by atoms with Gasteiger partial charge in [-0.1, -0.05) is 12.1 Å². The Kier molecular flexibility index (Phi) is 5.56. The molecule has 0 radical (unpaired) electrons. The zero-order valence-corrected chi connectivity index (χ0v) is 12.3. The van der Waals surface area contributed by atoms with Gasteiger partial charge in [0.25, 0.3) is 5.91 Å². The first-order valence-electron chi connectivity index (χ1n) is 7.51. The van der Waals surface area contributed by atoms with Gasteiger partial charge in [0.15, 0.2) is 0 Å².